The predicted octanol–water partition coefficient (Wildman–Crippen LogP) is 4.54. The van der Waals surface area contributed by atoms with E-state index in [4.69, 9.17) is 4.84 Å². The lowest BCUT2D eigenvalue weighted by molar-refractivity contribution is -0.144. The molecule has 4 nitrogen and oxygen atoms in total. The Morgan fingerprint density at radius 3 is 2.05 bits per heavy atom. The summed E-state index contributed by atoms with van der Waals surface area (Å²) in [4.78, 5) is 20.4. The highest BCUT2D eigenvalue weighted by molar-refractivity contribution is 5.69. The van der Waals surface area contributed by atoms with Gasteiger partial charge < -0.3 is 4.84 Å². The molecule has 0 atom stereocenters. The van der Waals surface area contributed by atoms with Crippen LogP contribution in [0, 0.1) is 0 Å². The first-order chi connectivity index (χ1) is 10.3. The molecule has 0 aliphatic heterocycles. The van der Waals surface area contributed by atoms with E-state index in [1.807, 2.05) is 0 Å². The molecule has 0 aliphatic carbocycles. The highest BCUT2D eigenvalue weighted by Crippen LogP contribution is 2.11. The first-order valence-corrected chi connectivity index (χ1v) is 8.52. The van der Waals surface area contributed by atoms with Crippen LogP contribution in [0.5, 0.6) is 0 Å². The first kappa shape index (κ1) is 17.7. The van der Waals surface area contributed by atoms with E-state index in [1.54, 1.807) is 12.4 Å². The van der Waals surface area contributed by atoms with Crippen LogP contribution in [0.25, 0.3) is 0 Å². The molecular formula is C17H30N2O2. The number of rotatable bonds is 13. The lowest BCUT2D eigenvalue weighted by Crippen LogP contribution is -2.17. The van der Waals surface area contributed by atoms with Crippen molar-refractivity contribution in [3.8, 4) is 0 Å². The van der Waals surface area contributed by atoms with Crippen LogP contribution in [-0.2, 0) is 4.79 Å². The Kier molecular flexibility index (Phi) is 10.5. The minimum atomic E-state index is -0.177. The topological polar surface area (TPSA) is 44.1 Å². The highest BCUT2D eigenvalue weighted by Gasteiger charge is 2.03. The number of unbranched alkanes of at least 4 members (excludes halogenated alkanes) is 10. The Balaban J connectivity index is 1.81. The van der Waals surface area contributed by atoms with Gasteiger partial charge in [0.15, 0.2) is 0 Å². The van der Waals surface area contributed by atoms with Gasteiger partial charge in [-0.05, 0) is 6.42 Å². The maximum absolute atomic E-state index is 11.5. The third-order valence-electron chi connectivity index (χ3n) is 3.67. The predicted molar refractivity (Wildman–Crippen MR) is 84.9 cm³/mol. The number of aromatic nitrogens is 2. The molecule has 1 aromatic heterocycles. The summed E-state index contributed by atoms with van der Waals surface area (Å²) < 4.78 is 1.35. The van der Waals surface area contributed by atoms with Gasteiger partial charge in [-0.1, -0.05) is 71.1 Å². The van der Waals surface area contributed by atoms with Crippen molar-refractivity contribution in [1.29, 1.82) is 0 Å². The fourth-order valence-electron chi connectivity index (χ4n) is 2.40. The third kappa shape index (κ3) is 10.1. The van der Waals surface area contributed by atoms with E-state index >= 15 is 0 Å². The van der Waals surface area contributed by atoms with Gasteiger partial charge in [0.1, 0.15) is 6.33 Å². The van der Waals surface area contributed by atoms with Gasteiger partial charge in [0.05, 0.1) is 6.20 Å². The SMILES string of the molecule is CCCCCCCCCCCCCC(=O)On1ccnc1. The lowest BCUT2D eigenvalue weighted by atomic mass is 10.1. The van der Waals surface area contributed by atoms with Crippen molar-refractivity contribution in [2.24, 2.45) is 0 Å². The fraction of sp³-hybridized carbons (Fsp3) is 0.765. The Hall–Kier alpha value is -1.32. The Labute approximate surface area is 128 Å². The van der Waals surface area contributed by atoms with Crippen molar-refractivity contribution in [3.05, 3.63) is 18.7 Å². The van der Waals surface area contributed by atoms with Gasteiger partial charge in [0.25, 0.3) is 0 Å². The monoisotopic (exact) mass is 294 g/mol. The second-order valence-electron chi connectivity index (χ2n) is 5.67. The number of hydrogen-bond donors (Lipinski definition) is 0. The summed E-state index contributed by atoms with van der Waals surface area (Å²) in [6, 6.07) is 0. The molecule has 0 bridgehead atoms. The van der Waals surface area contributed by atoms with Gasteiger partial charge in [-0.15, -0.1) is 0 Å². The molecule has 0 amide bonds. The van der Waals surface area contributed by atoms with Gasteiger partial charge >= 0.3 is 5.97 Å². The molecule has 1 aromatic rings. The number of carbonyl (C=O) groups excluding carboxylic acids is 1. The second-order valence-corrected chi connectivity index (χ2v) is 5.67. The largest absolute Gasteiger partial charge is 0.336 e. The molecule has 0 aliphatic rings. The van der Waals surface area contributed by atoms with E-state index in [2.05, 4.69) is 11.9 Å². The smallest absolute Gasteiger partial charge is 0.332 e. The quantitative estimate of drug-likeness (QED) is 0.502. The van der Waals surface area contributed by atoms with Crippen LogP contribution in [0.4, 0.5) is 0 Å². The van der Waals surface area contributed by atoms with Crippen LogP contribution < -0.4 is 4.84 Å². The van der Waals surface area contributed by atoms with Crippen LogP contribution in [-0.4, -0.2) is 15.7 Å². The van der Waals surface area contributed by atoms with Crippen molar-refractivity contribution < 1.29 is 9.63 Å². The summed E-state index contributed by atoms with van der Waals surface area (Å²) in [6.45, 7) is 2.26. The van der Waals surface area contributed by atoms with E-state index < -0.39 is 0 Å². The minimum Gasteiger partial charge on any atom is -0.336 e. The zero-order valence-electron chi connectivity index (χ0n) is 13.4. The van der Waals surface area contributed by atoms with Gasteiger partial charge in [0, 0.05) is 12.6 Å². The molecule has 120 valence electrons. The molecule has 0 saturated heterocycles. The Morgan fingerprint density at radius 1 is 0.952 bits per heavy atom. The van der Waals surface area contributed by atoms with Crippen LogP contribution in [0.1, 0.15) is 84.0 Å². The number of carbonyl (C=O) groups is 1. The first-order valence-electron chi connectivity index (χ1n) is 8.52. The van der Waals surface area contributed by atoms with Crippen LogP contribution in [0.3, 0.4) is 0 Å². The molecular weight excluding hydrogens is 264 g/mol. The van der Waals surface area contributed by atoms with Gasteiger partial charge in [-0.2, -0.15) is 4.73 Å². The molecule has 0 spiro atoms. The van der Waals surface area contributed by atoms with Gasteiger partial charge in [-0.25, -0.2) is 9.78 Å². The molecule has 0 fully saturated rings. The van der Waals surface area contributed by atoms with E-state index in [0.29, 0.717) is 6.42 Å². The van der Waals surface area contributed by atoms with Crippen LogP contribution >= 0.6 is 0 Å². The molecule has 0 unspecified atom stereocenters. The zero-order chi connectivity index (χ0) is 15.2. The van der Waals surface area contributed by atoms with E-state index in [9.17, 15) is 4.79 Å². The molecule has 0 saturated carbocycles. The summed E-state index contributed by atoms with van der Waals surface area (Å²) in [5.74, 6) is -0.177. The summed E-state index contributed by atoms with van der Waals surface area (Å²) in [5.41, 5.74) is 0. The minimum absolute atomic E-state index is 0.177. The fourth-order valence-corrected chi connectivity index (χ4v) is 2.40. The van der Waals surface area contributed by atoms with Crippen molar-refractivity contribution in [2.75, 3.05) is 0 Å². The highest BCUT2D eigenvalue weighted by atomic mass is 16.7. The average Bonchev–Trinajstić information content (AvgIpc) is 2.97. The molecule has 0 N–H and O–H groups in total. The molecule has 1 heterocycles. The molecule has 0 radical (unpaired) electrons. The summed E-state index contributed by atoms with van der Waals surface area (Å²) >= 11 is 0. The lowest BCUT2D eigenvalue weighted by Gasteiger charge is -2.04. The van der Waals surface area contributed by atoms with Crippen LogP contribution in [0.15, 0.2) is 18.7 Å². The molecule has 1 rings (SSSR count). The molecule has 21 heavy (non-hydrogen) atoms. The normalized spacial score (nSPS) is 10.7. The maximum Gasteiger partial charge on any atom is 0.332 e. The van der Waals surface area contributed by atoms with Crippen molar-refractivity contribution in [2.45, 2.75) is 84.0 Å². The summed E-state index contributed by atoms with van der Waals surface area (Å²) in [5, 5.41) is 0. The standard InChI is InChI=1S/C17H30N2O2/c1-2-3-4-5-6-7-8-9-10-11-12-13-17(20)21-19-15-14-18-16-19/h14-16H,2-13H2,1H3. The number of hydrogen-bond acceptors (Lipinski definition) is 3. The molecule has 4 heteroatoms. The summed E-state index contributed by atoms with van der Waals surface area (Å²) in [6.07, 6.45) is 19.4. The summed E-state index contributed by atoms with van der Waals surface area (Å²) in [7, 11) is 0. The maximum atomic E-state index is 11.5. The zero-order valence-corrected chi connectivity index (χ0v) is 13.4. The van der Waals surface area contributed by atoms with Crippen LogP contribution in [0.2, 0.25) is 0 Å². The van der Waals surface area contributed by atoms with E-state index in [-0.39, 0.29) is 5.97 Å². The van der Waals surface area contributed by atoms with Crippen molar-refractivity contribution in [1.82, 2.24) is 9.71 Å². The number of nitrogens with zero attached hydrogens (tertiary/aromatic N) is 2. The van der Waals surface area contributed by atoms with Crippen molar-refractivity contribution >= 4 is 5.97 Å². The van der Waals surface area contributed by atoms with Crippen molar-refractivity contribution in [3.63, 3.8) is 0 Å². The third-order valence-corrected chi connectivity index (χ3v) is 3.67. The van der Waals surface area contributed by atoms with Gasteiger partial charge in [0.2, 0.25) is 0 Å². The number of imidazole rings is 1. The Morgan fingerprint density at radius 2 is 1.52 bits per heavy atom. The van der Waals surface area contributed by atoms with E-state index in [0.717, 1.165) is 12.8 Å². The van der Waals surface area contributed by atoms with Gasteiger partial charge in [-0.3, -0.25) is 0 Å². The molecule has 0 aromatic carbocycles. The van der Waals surface area contributed by atoms with E-state index in [1.165, 1.54) is 68.8 Å². The Bertz CT molecular complexity index is 350. The average molecular weight is 294 g/mol. The second kappa shape index (κ2) is 12.4.